The molecule has 3 atom stereocenters. The van der Waals surface area contributed by atoms with E-state index in [2.05, 4.69) is 22.8 Å². The third-order valence-electron chi connectivity index (χ3n) is 5.48. The van der Waals surface area contributed by atoms with Crippen LogP contribution in [0, 0.1) is 5.92 Å². The summed E-state index contributed by atoms with van der Waals surface area (Å²) in [5.41, 5.74) is 2.20. The van der Waals surface area contributed by atoms with Crippen LogP contribution in [0.1, 0.15) is 50.7 Å². The lowest BCUT2D eigenvalue weighted by molar-refractivity contribution is -0.151. The fourth-order valence-corrected chi connectivity index (χ4v) is 4.02. The molecule has 2 aliphatic rings. The average molecular weight is 386 g/mol. The summed E-state index contributed by atoms with van der Waals surface area (Å²) in [4.78, 5) is 26.6. The minimum Gasteiger partial charge on any atom is -0.394 e. The Kier molecular flexibility index (Phi) is 6.39. The molecule has 1 heterocycles. The van der Waals surface area contributed by atoms with E-state index >= 15 is 0 Å². The number of nitrogens with zero attached hydrogens (tertiary/aromatic N) is 1. The zero-order valence-electron chi connectivity index (χ0n) is 16.9. The Hall–Kier alpha value is -2.34. The maximum atomic E-state index is 12.8. The second kappa shape index (κ2) is 8.78. The average Bonchev–Trinajstić information content (AvgIpc) is 3.47. The predicted molar refractivity (Wildman–Crippen MR) is 110 cm³/mol. The van der Waals surface area contributed by atoms with Crippen molar-refractivity contribution in [2.45, 2.75) is 57.7 Å². The Morgan fingerprint density at radius 3 is 2.43 bits per heavy atom. The highest BCUT2D eigenvalue weighted by Crippen LogP contribution is 2.44. The number of aliphatic hydroxyl groups is 1. The van der Waals surface area contributed by atoms with Gasteiger partial charge < -0.3 is 20.6 Å². The van der Waals surface area contributed by atoms with Crippen molar-refractivity contribution in [1.29, 1.82) is 0 Å². The highest BCUT2D eigenvalue weighted by Gasteiger charge is 2.53. The van der Waals surface area contributed by atoms with E-state index in [1.807, 2.05) is 45.1 Å². The minimum absolute atomic E-state index is 0.00621. The second-order valence-electron chi connectivity index (χ2n) is 8.04. The largest absolute Gasteiger partial charge is 0.394 e. The first-order valence-corrected chi connectivity index (χ1v) is 10.2. The van der Waals surface area contributed by atoms with Crippen LogP contribution in [0.5, 0.6) is 0 Å². The monoisotopic (exact) mass is 385 g/mol. The standard InChI is InChI=1S/C22H31N3O3/c1-4-5-15-6-8-16(9-7-15)20-18(12-23-22(28)24-14(2)3)25(19(20)13-26)21(27)17-10-11-17/h4-9,14,17-20,26H,10-13H2,1-3H3,(H2,23,24,28)/b5-4+/t18-,19+,20+/m0/s1. The number of allylic oxidation sites excluding steroid dienone is 1. The van der Waals surface area contributed by atoms with Crippen molar-refractivity contribution in [2.75, 3.05) is 13.2 Å². The minimum atomic E-state index is -0.236. The first kappa shape index (κ1) is 20.4. The number of hydrogen-bond donors (Lipinski definition) is 3. The Morgan fingerprint density at radius 1 is 1.21 bits per heavy atom. The Balaban J connectivity index is 1.78. The Labute approximate surface area is 167 Å². The van der Waals surface area contributed by atoms with Crippen molar-refractivity contribution in [3.63, 3.8) is 0 Å². The van der Waals surface area contributed by atoms with Gasteiger partial charge in [0.05, 0.1) is 18.7 Å². The molecule has 0 radical (unpaired) electrons. The number of carbonyl (C=O) groups is 2. The number of aliphatic hydroxyl groups excluding tert-OH is 1. The highest BCUT2D eigenvalue weighted by atomic mass is 16.3. The summed E-state index contributed by atoms with van der Waals surface area (Å²) in [7, 11) is 0. The van der Waals surface area contributed by atoms with Crippen LogP contribution in [0.4, 0.5) is 4.79 Å². The number of nitrogens with one attached hydrogen (secondary N) is 2. The molecule has 0 bridgehead atoms. The van der Waals surface area contributed by atoms with Gasteiger partial charge in [0.15, 0.2) is 0 Å². The number of likely N-dealkylation sites (tertiary alicyclic amines) is 1. The van der Waals surface area contributed by atoms with E-state index < -0.39 is 0 Å². The van der Waals surface area contributed by atoms with Gasteiger partial charge in [-0.05, 0) is 44.7 Å². The van der Waals surface area contributed by atoms with Crippen LogP contribution < -0.4 is 10.6 Å². The molecule has 1 saturated heterocycles. The van der Waals surface area contributed by atoms with E-state index in [1.54, 1.807) is 4.90 Å². The second-order valence-corrected chi connectivity index (χ2v) is 8.04. The first-order valence-electron chi connectivity index (χ1n) is 10.2. The van der Waals surface area contributed by atoms with Crippen molar-refractivity contribution < 1.29 is 14.7 Å². The van der Waals surface area contributed by atoms with Gasteiger partial charge in [0.25, 0.3) is 0 Å². The van der Waals surface area contributed by atoms with Gasteiger partial charge >= 0.3 is 6.03 Å². The maximum absolute atomic E-state index is 12.8. The summed E-state index contributed by atoms with van der Waals surface area (Å²) in [6.45, 7) is 6.08. The fraction of sp³-hybridized carbons (Fsp3) is 0.545. The fourth-order valence-electron chi connectivity index (χ4n) is 4.02. The lowest BCUT2D eigenvalue weighted by Crippen LogP contribution is -2.69. The number of hydrogen-bond acceptors (Lipinski definition) is 3. The van der Waals surface area contributed by atoms with E-state index in [0.717, 1.165) is 24.0 Å². The van der Waals surface area contributed by atoms with Crippen LogP contribution in [-0.2, 0) is 4.79 Å². The molecule has 1 saturated carbocycles. The van der Waals surface area contributed by atoms with E-state index in [4.69, 9.17) is 0 Å². The van der Waals surface area contributed by atoms with Crippen molar-refractivity contribution in [1.82, 2.24) is 15.5 Å². The number of rotatable bonds is 7. The summed E-state index contributed by atoms with van der Waals surface area (Å²) in [6, 6.07) is 7.65. The molecule has 152 valence electrons. The molecule has 28 heavy (non-hydrogen) atoms. The SMILES string of the molecule is C/C=C/c1ccc([C@H]2[C@@H](CO)N(C(=O)C3CC3)[C@H]2CNC(=O)NC(C)C)cc1. The highest BCUT2D eigenvalue weighted by molar-refractivity contribution is 5.83. The molecule has 3 N–H and O–H groups in total. The molecule has 1 aliphatic heterocycles. The molecule has 1 aromatic rings. The lowest BCUT2D eigenvalue weighted by Gasteiger charge is -2.55. The molecule has 3 rings (SSSR count). The first-order chi connectivity index (χ1) is 13.5. The van der Waals surface area contributed by atoms with E-state index in [0.29, 0.717) is 6.54 Å². The lowest BCUT2D eigenvalue weighted by atomic mass is 9.74. The molecule has 6 nitrogen and oxygen atoms in total. The van der Waals surface area contributed by atoms with Gasteiger partial charge in [-0.3, -0.25) is 4.79 Å². The van der Waals surface area contributed by atoms with Gasteiger partial charge in [-0.2, -0.15) is 0 Å². The molecular formula is C22H31N3O3. The normalized spacial score (nSPS) is 24.3. The summed E-state index contributed by atoms with van der Waals surface area (Å²) < 4.78 is 0. The molecule has 0 spiro atoms. The molecule has 0 unspecified atom stereocenters. The van der Waals surface area contributed by atoms with Crippen LogP contribution in [0.15, 0.2) is 30.3 Å². The van der Waals surface area contributed by atoms with Gasteiger partial charge in [0.1, 0.15) is 0 Å². The quantitative estimate of drug-likeness (QED) is 0.674. The van der Waals surface area contributed by atoms with E-state index in [1.165, 1.54) is 0 Å². The summed E-state index contributed by atoms with van der Waals surface area (Å²) in [5, 5.41) is 15.7. The van der Waals surface area contributed by atoms with Crippen molar-refractivity contribution in [3.05, 3.63) is 41.5 Å². The molecule has 2 fully saturated rings. The molecule has 1 aromatic carbocycles. The zero-order chi connectivity index (χ0) is 20.3. The number of amides is 3. The van der Waals surface area contributed by atoms with Crippen molar-refractivity contribution >= 4 is 18.0 Å². The van der Waals surface area contributed by atoms with Gasteiger partial charge in [-0.1, -0.05) is 36.4 Å². The number of benzene rings is 1. The summed E-state index contributed by atoms with van der Waals surface area (Å²) in [6.07, 6.45) is 5.87. The molecular weight excluding hydrogens is 354 g/mol. The van der Waals surface area contributed by atoms with E-state index in [-0.39, 0.29) is 48.5 Å². The van der Waals surface area contributed by atoms with Crippen LogP contribution in [0.2, 0.25) is 0 Å². The smallest absolute Gasteiger partial charge is 0.315 e. The molecule has 3 amide bonds. The number of carbonyl (C=O) groups excluding carboxylic acids is 2. The van der Waals surface area contributed by atoms with Crippen molar-refractivity contribution in [3.8, 4) is 0 Å². The Morgan fingerprint density at radius 2 is 1.89 bits per heavy atom. The van der Waals surface area contributed by atoms with Crippen LogP contribution in [0.3, 0.4) is 0 Å². The van der Waals surface area contributed by atoms with E-state index in [9.17, 15) is 14.7 Å². The van der Waals surface area contributed by atoms with Gasteiger partial charge in [0, 0.05) is 24.4 Å². The van der Waals surface area contributed by atoms with Gasteiger partial charge in [-0.15, -0.1) is 0 Å². The summed E-state index contributed by atoms with van der Waals surface area (Å²) >= 11 is 0. The Bertz CT molecular complexity index is 725. The van der Waals surface area contributed by atoms with Crippen LogP contribution in [0.25, 0.3) is 6.08 Å². The van der Waals surface area contributed by atoms with Crippen molar-refractivity contribution in [2.24, 2.45) is 5.92 Å². The van der Waals surface area contributed by atoms with Gasteiger partial charge in [-0.25, -0.2) is 4.79 Å². The number of urea groups is 1. The molecule has 0 aromatic heterocycles. The predicted octanol–water partition coefficient (Wildman–Crippen LogP) is 2.49. The molecule has 6 heteroatoms. The van der Waals surface area contributed by atoms with Crippen LogP contribution >= 0.6 is 0 Å². The maximum Gasteiger partial charge on any atom is 0.315 e. The van der Waals surface area contributed by atoms with Crippen LogP contribution in [-0.4, -0.2) is 53.2 Å². The topological polar surface area (TPSA) is 81.7 Å². The molecule has 1 aliphatic carbocycles. The zero-order valence-corrected chi connectivity index (χ0v) is 16.9. The third-order valence-corrected chi connectivity index (χ3v) is 5.48. The third kappa shape index (κ3) is 4.38. The summed E-state index contributed by atoms with van der Waals surface area (Å²) in [5.74, 6) is 0.197. The van der Waals surface area contributed by atoms with Gasteiger partial charge in [0.2, 0.25) is 5.91 Å².